The standard InChI is InChI=1S/C13H25N3O2/c1-9(7-17-3)16-12(14)15-8-13(2)6-10-4-5-11(13)18-10/h9-11H,4-8H2,1-3H3,(H3,14,15,16). The molecule has 0 spiro atoms. The Balaban J connectivity index is 1.82. The van der Waals surface area contributed by atoms with E-state index >= 15 is 0 Å². The fraction of sp³-hybridized carbons (Fsp3) is 0.923. The highest BCUT2D eigenvalue weighted by molar-refractivity contribution is 5.78. The molecule has 2 aliphatic rings. The average molecular weight is 255 g/mol. The van der Waals surface area contributed by atoms with Crippen LogP contribution in [-0.2, 0) is 9.47 Å². The molecule has 0 aliphatic carbocycles. The van der Waals surface area contributed by atoms with Crippen molar-refractivity contribution in [1.82, 2.24) is 5.32 Å². The van der Waals surface area contributed by atoms with E-state index in [0.29, 0.717) is 24.8 Å². The van der Waals surface area contributed by atoms with Crippen molar-refractivity contribution in [2.75, 3.05) is 20.3 Å². The lowest BCUT2D eigenvalue weighted by Crippen LogP contribution is -2.42. The molecule has 104 valence electrons. The largest absolute Gasteiger partial charge is 0.383 e. The first kappa shape index (κ1) is 13.6. The molecule has 2 bridgehead atoms. The fourth-order valence-electron chi connectivity index (χ4n) is 3.04. The number of nitrogens with one attached hydrogen (secondary N) is 1. The molecule has 0 saturated carbocycles. The van der Waals surface area contributed by atoms with Crippen molar-refractivity contribution in [3.8, 4) is 0 Å². The fourth-order valence-corrected chi connectivity index (χ4v) is 3.04. The molecule has 2 fully saturated rings. The summed E-state index contributed by atoms with van der Waals surface area (Å²) in [6, 6.07) is 0.183. The van der Waals surface area contributed by atoms with E-state index in [-0.39, 0.29) is 11.5 Å². The van der Waals surface area contributed by atoms with Crippen LogP contribution in [0.25, 0.3) is 0 Å². The molecule has 3 N–H and O–H groups in total. The maximum Gasteiger partial charge on any atom is 0.188 e. The zero-order chi connectivity index (χ0) is 13.2. The molecule has 2 aliphatic heterocycles. The lowest BCUT2D eigenvalue weighted by atomic mass is 9.76. The zero-order valence-electron chi connectivity index (χ0n) is 11.6. The summed E-state index contributed by atoms with van der Waals surface area (Å²) in [5.74, 6) is 0.503. The molecule has 2 saturated heterocycles. The first-order valence-corrected chi connectivity index (χ1v) is 6.74. The third-order valence-corrected chi connectivity index (χ3v) is 4.00. The van der Waals surface area contributed by atoms with Gasteiger partial charge in [0.25, 0.3) is 0 Å². The second-order valence-corrected chi connectivity index (χ2v) is 5.88. The minimum absolute atomic E-state index is 0.166. The van der Waals surface area contributed by atoms with Crippen LogP contribution < -0.4 is 11.1 Å². The minimum Gasteiger partial charge on any atom is -0.383 e. The van der Waals surface area contributed by atoms with E-state index in [1.54, 1.807) is 7.11 Å². The van der Waals surface area contributed by atoms with Gasteiger partial charge in [-0.3, -0.25) is 4.99 Å². The molecule has 0 aromatic rings. The molecular formula is C13H25N3O2. The Morgan fingerprint density at radius 3 is 2.94 bits per heavy atom. The summed E-state index contributed by atoms with van der Waals surface area (Å²) in [6.45, 7) is 5.65. The van der Waals surface area contributed by atoms with Crippen LogP contribution in [0.15, 0.2) is 4.99 Å². The van der Waals surface area contributed by atoms with Crippen molar-refractivity contribution >= 4 is 5.96 Å². The lowest BCUT2D eigenvalue weighted by Gasteiger charge is -2.29. The number of hydrogen-bond acceptors (Lipinski definition) is 3. The van der Waals surface area contributed by atoms with Crippen LogP contribution in [0.5, 0.6) is 0 Å². The molecule has 0 aromatic heterocycles. The van der Waals surface area contributed by atoms with Crippen LogP contribution >= 0.6 is 0 Å². The van der Waals surface area contributed by atoms with Crippen molar-refractivity contribution in [1.29, 1.82) is 0 Å². The minimum atomic E-state index is 0.166. The molecule has 0 radical (unpaired) electrons. The Labute approximate surface area is 109 Å². The number of nitrogens with zero attached hydrogens (tertiary/aromatic N) is 1. The van der Waals surface area contributed by atoms with Crippen molar-refractivity contribution in [2.24, 2.45) is 16.1 Å². The zero-order valence-corrected chi connectivity index (χ0v) is 11.6. The van der Waals surface area contributed by atoms with E-state index in [0.717, 1.165) is 13.0 Å². The highest BCUT2D eigenvalue weighted by Gasteiger charge is 2.49. The summed E-state index contributed by atoms with van der Waals surface area (Å²) >= 11 is 0. The SMILES string of the molecule is COCC(C)NC(N)=NCC1(C)CC2CCC1O2. The Morgan fingerprint density at radius 1 is 1.61 bits per heavy atom. The van der Waals surface area contributed by atoms with Gasteiger partial charge in [-0.25, -0.2) is 0 Å². The Kier molecular flexibility index (Phi) is 4.12. The van der Waals surface area contributed by atoms with E-state index in [2.05, 4.69) is 17.2 Å². The monoisotopic (exact) mass is 255 g/mol. The second-order valence-electron chi connectivity index (χ2n) is 5.88. The van der Waals surface area contributed by atoms with Crippen molar-refractivity contribution < 1.29 is 9.47 Å². The molecule has 5 nitrogen and oxygen atoms in total. The van der Waals surface area contributed by atoms with Crippen molar-refractivity contribution in [3.05, 3.63) is 0 Å². The van der Waals surface area contributed by atoms with Gasteiger partial charge in [-0.2, -0.15) is 0 Å². The topological polar surface area (TPSA) is 68.9 Å². The van der Waals surface area contributed by atoms with Crippen LogP contribution in [0, 0.1) is 5.41 Å². The quantitative estimate of drug-likeness (QED) is 0.565. The number of fused-ring (bicyclic) bond motifs is 2. The predicted octanol–water partition coefficient (Wildman–Crippen LogP) is 0.883. The molecule has 5 heteroatoms. The van der Waals surface area contributed by atoms with Crippen LogP contribution in [0.1, 0.15) is 33.1 Å². The molecular weight excluding hydrogens is 230 g/mol. The number of methoxy groups -OCH3 is 1. The lowest BCUT2D eigenvalue weighted by molar-refractivity contribution is 0.0706. The van der Waals surface area contributed by atoms with Gasteiger partial charge >= 0.3 is 0 Å². The summed E-state index contributed by atoms with van der Waals surface area (Å²) in [7, 11) is 1.68. The molecule has 18 heavy (non-hydrogen) atoms. The van der Waals surface area contributed by atoms with Gasteiger partial charge in [0.05, 0.1) is 25.4 Å². The summed E-state index contributed by atoms with van der Waals surface area (Å²) in [4.78, 5) is 4.47. The first-order valence-electron chi connectivity index (χ1n) is 6.74. The van der Waals surface area contributed by atoms with Crippen LogP contribution in [0.3, 0.4) is 0 Å². The Morgan fingerprint density at radius 2 is 2.39 bits per heavy atom. The average Bonchev–Trinajstić information content (AvgIpc) is 2.87. The second kappa shape index (κ2) is 5.45. The Bertz CT molecular complexity index is 321. The van der Waals surface area contributed by atoms with E-state index in [4.69, 9.17) is 15.2 Å². The van der Waals surface area contributed by atoms with Gasteiger partial charge in [0.1, 0.15) is 0 Å². The number of nitrogens with two attached hydrogens (primary N) is 1. The molecule has 2 rings (SSSR count). The molecule has 4 unspecified atom stereocenters. The van der Waals surface area contributed by atoms with Crippen molar-refractivity contribution in [3.63, 3.8) is 0 Å². The van der Waals surface area contributed by atoms with E-state index in [9.17, 15) is 0 Å². The van der Waals surface area contributed by atoms with E-state index in [1.807, 2.05) is 6.92 Å². The Hall–Kier alpha value is -0.810. The summed E-state index contributed by atoms with van der Waals surface area (Å²) in [5.41, 5.74) is 6.05. The summed E-state index contributed by atoms with van der Waals surface area (Å²) < 4.78 is 10.9. The van der Waals surface area contributed by atoms with Gasteiger partial charge in [0.2, 0.25) is 0 Å². The maximum atomic E-state index is 5.89. The van der Waals surface area contributed by atoms with Gasteiger partial charge < -0.3 is 20.5 Å². The van der Waals surface area contributed by atoms with Gasteiger partial charge in [-0.1, -0.05) is 6.92 Å². The highest BCUT2D eigenvalue weighted by atomic mass is 16.5. The number of hydrogen-bond donors (Lipinski definition) is 2. The van der Waals surface area contributed by atoms with E-state index in [1.165, 1.54) is 12.8 Å². The highest BCUT2D eigenvalue weighted by Crippen LogP contribution is 2.47. The predicted molar refractivity (Wildman–Crippen MR) is 71.6 cm³/mol. The smallest absolute Gasteiger partial charge is 0.188 e. The van der Waals surface area contributed by atoms with Crippen LogP contribution in [0.2, 0.25) is 0 Å². The number of aliphatic imine (C=N–C) groups is 1. The van der Waals surface area contributed by atoms with Gasteiger partial charge in [-0.05, 0) is 26.2 Å². The van der Waals surface area contributed by atoms with Crippen LogP contribution in [-0.4, -0.2) is 44.5 Å². The first-order chi connectivity index (χ1) is 8.53. The summed E-state index contributed by atoms with van der Waals surface area (Å²) in [6.07, 6.45) is 4.32. The maximum absolute atomic E-state index is 5.89. The van der Waals surface area contributed by atoms with Crippen molar-refractivity contribution in [2.45, 2.75) is 51.4 Å². The normalized spacial score (nSPS) is 36.9. The molecule has 0 amide bonds. The van der Waals surface area contributed by atoms with Gasteiger partial charge in [-0.15, -0.1) is 0 Å². The molecule has 4 atom stereocenters. The van der Waals surface area contributed by atoms with Gasteiger partial charge in [0.15, 0.2) is 5.96 Å². The third kappa shape index (κ3) is 2.95. The number of ether oxygens (including phenoxy) is 2. The third-order valence-electron chi connectivity index (χ3n) is 4.00. The molecule has 0 aromatic carbocycles. The molecule has 2 heterocycles. The van der Waals surface area contributed by atoms with Gasteiger partial charge in [0, 0.05) is 18.6 Å². The number of rotatable bonds is 5. The number of guanidine groups is 1. The summed E-state index contributed by atoms with van der Waals surface area (Å²) in [5, 5.41) is 3.13. The van der Waals surface area contributed by atoms with Crippen LogP contribution in [0.4, 0.5) is 0 Å². The van der Waals surface area contributed by atoms with E-state index < -0.39 is 0 Å².